The average Bonchev–Trinajstić information content (AvgIpc) is 2.64. The molecule has 0 aliphatic carbocycles. The highest BCUT2D eigenvalue weighted by molar-refractivity contribution is 6.03. The number of nitrogens with one attached hydrogen (secondary N) is 1. The first-order valence-electron chi connectivity index (χ1n) is 8.32. The van der Waals surface area contributed by atoms with Gasteiger partial charge in [0.1, 0.15) is 5.69 Å². The molecule has 7 nitrogen and oxygen atoms in total. The number of hydrogen-bond acceptors (Lipinski definition) is 5. The molecule has 1 aromatic carbocycles. The molecule has 0 aliphatic rings. The van der Waals surface area contributed by atoms with Crippen molar-refractivity contribution in [3.63, 3.8) is 0 Å². The molecule has 1 aromatic heterocycles. The Morgan fingerprint density at radius 2 is 1.85 bits per heavy atom. The standard InChI is InChI=1S/C20H22N2O5/c1-20(2,3)11-21-18(24)12-5-6-13(15(9-12)19(25)26)14-7-8-17(27-4)22-16(14)10-23/h5-10H,11H2,1-4H3,(H,21,24)(H,25,26). The Kier molecular flexibility index (Phi) is 5.95. The normalized spacial score (nSPS) is 11.0. The topological polar surface area (TPSA) is 106 Å². The molecule has 1 amide bonds. The number of aromatic nitrogens is 1. The molecule has 0 atom stereocenters. The van der Waals surface area contributed by atoms with E-state index in [1.54, 1.807) is 6.07 Å². The summed E-state index contributed by atoms with van der Waals surface area (Å²) in [5, 5.41) is 12.4. The number of aromatic carboxylic acids is 1. The maximum absolute atomic E-state index is 12.3. The van der Waals surface area contributed by atoms with Gasteiger partial charge in [0.25, 0.3) is 5.91 Å². The van der Waals surface area contributed by atoms with E-state index in [0.29, 0.717) is 24.0 Å². The number of methoxy groups -OCH3 is 1. The van der Waals surface area contributed by atoms with E-state index >= 15 is 0 Å². The zero-order valence-corrected chi connectivity index (χ0v) is 15.7. The second-order valence-electron chi connectivity index (χ2n) is 7.21. The first-order valence-corrected chi connectivity index (χ1v) is 8.32. The Labute approximate surface area is 157 Å². The van der Waals surface area contributed by atoms with Gasteiger partial charge in [0, 0.05) is 23.7 Å². The van der Waals surface area contributed by atoms with Crippen molar-refractivity contribution in [2.75, 3.05) is 13.7 Å². The van der Waals surface area contributed by atoms with Gasteiger partial charge in [0.15, 0.2) is 6.29 Å². The number of nitrogens with zero attached hydrogens (tertiary/aromatic N) is 1. The van der Waals surface area contributed by atoms with Crippen LogP contribution >= 0.6 is 0 Å². The van der Waals surface area contributed by atoms with Crippen molar-refractivity contribution in [2.24, 2.45) is 5.41 Å². The molecule has 2 N–H and O–H groups in total. The van der Waals surface area contributed by atoms with Crippen LogP contribution in [0.2, 0.25) is 0 Å². The van der Waals surface area contributed by atoms with Crippen LogP contribution < -0.4 is 10.1 Å². The molecule has 0 bridgehead atoms. The number of pyridine rings is 1. The van der Waals surface area contributed by atoms with Crippen LogP contribution in [0.4, 0.5) is 0 Å². The molecule has 0 radical (unpaired) electrons. The van der Waals surface area contributed by atoms with Gasteiger partial charge in [0.2, 0.25) is 5.88 Å². The first kappa shape index (κ1) is 20.1. The zero-order valence-electron chi connectivity index (χ0n) is 15.7. The molecular formula is C20H22N2O5. The van der Waals surface area contributed by atoms with Crippen molar-refractivity contribution >= 4 is 18.2 Å². The van der Waals surface area contributed by atoms with Crippen molar-refractivity contribution in [3.05, 3.63) is 47.2 Å². The van der Waals surface area contributed by atoms with Crippen LogP contribution in [-0.4, -0.2) is 41.9 Å². The molecule has 7 heteroatoms. The summed E-state index contributed by atoms with van der Waals surface area (Å²) in [6, 6.07) is 7.44. The Balaban J connectivity index is 2.47. The van der Waals surface area contributed by atoms with Gasteiger partial charge in [-0.1, -0.05) is 26.8 Å². The van der Waals surface area contributed by atoms with Crippen LogP contribution in [0, 0.1) is 5.41 Å². The predicted molar refractivity (Wildman–Crippen MR) is 100 cm³/mol. The highest BCUT2D eigenvalue weighted by Crippen LogP contribution is 2.28. The summed E-state index contributed by atoms with van der Waals surface area (Å²) in [5.41, 5.74) is 0.750. The molecule has 0 aliphatic heterocycles. The molecule has 0 spiro atoms. The Morgan fingerprint density at radius 3 is 2.41 bits per heavy atom. The Morgan fingerprint density at radius 1 is 1.19 bits per heavy atom. The SMILES string of the molecule is COc1ccc(-c2ccc(C(=O)NCC(C)(C)C)cc2C(=O)O)c(C=O)n1. The number of aldehydes is 1. The highest BCUT2D eigenvalue weighted by atomic mass is 16.5. The lowest BCUT2D eigenvalue weighted by atomic mass is 9.95. The highest BCUT2D eigenvalue weighted by Gasteiger charge is 2.19. The molecule has 0 saturated carbocycles. The third-order valence-electron chi connectivity index (χ3n) is 3.80. The van der Waals surface area contributed by atoms with E-state index < -0.39 is 5.97 Å². The fourth-order valence-electron chi connectivity index (χ4n) is 2.43. The van der Waals surface area contributed by atoms with Crippen molar-refractivity contribution in [3.8, 4) is 17.0 Å². The third-order valence-corrected chi connectivity index (χ3v) is 3.80. The van der Waals surface area contributed by atoms with Crippen LogP contribution in [0.5, 0.6) is 5.88 Å². The van der Waals surface area contributed by atoms with Crippen LogP contribution in [0.15, 0.2) is 30.3 Å². The van der Waals surface area contributed by atoms with Crippen LogP contribution in [0.25, 0.3) is 11.1 Å². The minimum atomic E-state index is -1.21. The summed E-state index contributed by atoms with van der Waals surface area (Å²) in [5.74, 6) is -1.32. The Hall–Kier alpha value is -3.22. The largest absolute Gasteiger partial charge is 0.481 e. The second kappa shape index (κ2) is 7.99. The molecule has 0 saturated heterocycles. The number of carboxylic acids is 1. The van der Waals surface area contributed by atoms with Gasteiger partial charge in [-0.2, -0.15) is 0 Å². The number of carboxylic acid groups (broad SMARTS) is 1. The molecule has 0 fully saturated rings. The summed E-state index contributed by atoms with van der Waals surface area (Å²) >= 11 is 0. The number of carbonyl (C=O) groups excluding carboxylic acids is 2. The second-order valence-corrected chi connectivity index (χ2v) is 7.21. The van der Waals surface area contributed by atoms with Crippen LogP contribution in [-0.2, 0) is 0 Å². The summed E-state index contributed by atoms with van der Waals surface area (Å²) in [6.45, 7) is 6.40. The summed E-state index contributed by atoms with van der Waals surface area (Å²) in [4.78, 5) is 39.5. The van der Waals surface area contributed by atoms with E-state index in [1.807, 2.05) is 20.8 Å². The minimum Gasteiger partial charge on any atom is -0.481 e. The lowest BCUT2D eigenvalue weighted by molar-refractivity contribution is 0.0697. The first-order chi connectivity index (χ1) is 12.7. The number of rotatable bonds is 6. The molecule has 27 heavy (non-hydrogen) atoms. The van der Waals surface area contributed by atoms with E-state index in [1.165, 1.54) is 31.4 Å². The molecule has 0 unspecified atom stereocenters. The molecule has 142 valence electrons. The number of hydrogen-bond donors (Lipinski definition) is 2. The number of amides is 1. The third kappa shape index (κ3) is 4.91. The van der Waals surface area contributed by atoms with E-state index in [-0.39, 0.29) is 34.0 Å². The van der Waals surface area contributed by atoms with Gasteiger partial charge in [-0.05, 0) is 29.2 Å². The van der Waals surface area contributed by atoms with E-state index in [0.717, 1.165) is 0 Å². The lowest BCUT2D eigenvalue weighted by Crippen LogP contribution is -2.32. The van der Waals surface area contributed by atoms with E-state index in [4.69, 9.17) is 4.74 Å². The van der Waals surface area contributed by atoms with E-state index in [9.17, 15) is 19.5 Å². The molecule has 2 rings (SSSR count). The monoisotopic (exact) mass is 370 g/mol. The van der Waals surface area contributed by atoms with Gasteiger partial charge in [-0.3, -0.25) is 9.59 Å². The van der Waals surface area contributed by atoms with E-state index in [2.05, 4.69) is 10.3 Å². The number of ether oxygens (including phenoxy) is 1. The maximum atomic E-state index is 12.3. The quantitative estimate of drug-likeness (QED) is 0.757. The van der Waals surface area contributed by atoms with Gasteiger partial charge in [-0.25, -0.2) is 9.78 Å². The fourth-order valence-corrected chi connectivity index (χ4v) is 2.43. The predicted octanol–water partition coefficient (Wildman–Crippen LogP) is 3.04. The van der Waals surface area contributed by atoms with Crippen molar-refractivity contribution in [2.45, 2.75) is 20.8 Å². The summed E-state index contributed by atoms with van der Waals surface area (Å²) in [6.07, 6.45) is 0.535. The molecular weight excluding hydrogens is 348 g/mol. The lowest BCUT2D eigenvalue weighted by Gasteiger charge is -2.19. The van der Waals surface area contributed by atoms with Gasteiger partial charge in [0.05, 0.1) is 12.7 Å². The van der Waals surface area contributed by atoms with Crippen molar-refractivity contribution < 1.29 is 24.2 Å². The molecule has 1 heterocycles. The zero-order chi connectivity index (χ0) is 20.2. The van der Waals surface area contributed by atoms with Gasteiger partial charge < -0.3 is 15.2 Å². The number of benzene rings is 1. The van der Waals surface area contributed by atoms with Crippen molar-refractivity contribution in [1.82, 2.24) is 10.3 Å². The van der Waals surface area contributed by atoms with Gasteiger partial charge >= 0.3 is 5.97 Å². The number of carbonyl (C=O) groups is 3. The Bertz CT molecular complexity index is 884. The summed E-state index contributed by atoms with van der Waals surface area (Å²) in [7, 11) is 1.42. The fraction of sp³-hybridized carbons (Fsp3) is 0.300. The smallest absolute Gasteiger partial charge is 0.336 e. The van der Waals surface area contributed by atoms with Crippen molar-refractivity contribution in [1.29, 1.82) is 0 Å². The molecule has 2 aromatic rings. The average molecular weight is 370 g/mol. The van der Waals surface area contributed by atoms with Crippen LogP contribution in [0.1, 0.15) is 52.0 Å². The summed E-state index contributed by atoms with van der Waals surface area (Å²) < 4.78 is 4.99. The maximum Gasteiger partial charge on any atom is 0.336 e. The van der Waals surface area contributed by atoms with Gasteiger partial charge in [-0.15, -0.1) is 0 Å². The van der Waals surface area contributed by atoms with Crippen LogP contribution in [0.3, 0.4) is 0 Å². The minimum absolute atomic E-state index is 0.0572.